The molecule has 4 atom stereocenters. The Morgan fingerprint density at radius 3 is 2.24 bits per heavy atom. The molecule has 4 N–H and O–H groups in total. The van der Waals surface area contributed by atoms with Gasteiger partial charge in [0.1, 0.15) is 18.0 Å². The zero-order valence-electron chi connectivity index (χ0n) is 14.2. The minimum atomic E-state index is -1.21. The molecule has 3 rings (SSSR count). The summed E-state index contributed by atoms with van der Waals surface area (Å²) in [7, 11) is 0. The molecule has 7 heteroatoms. The number of piperidine rings is 2. The van der Waals surface area contributed by atoms with E-state index >= 15 is 0 Å². The molecule has 140 valence electrons. The Morgan fingerprint density at radius 1 is 1.00 bits per heavy atom. The molecule has 0 saturated carbocycles. The second-order valence-corrected chi connectivity index (χ2v) is 7.16. The number of benzene rings is 1. The Balaban J connectivity index is 1.55. The van der Waals surface area contributed by atoms with Crippen LogP contribution in [0.5, 0.6) is 0 Å². The Bertz CT molecular complexity index is 551. The van der Waals surface area contributed by atoms with Gasteiger partial charge in [0.15, 0.2) is 0 Å². The normalized spacial score (nSPS) is 32.1. The second-order valence-electron chi connectivity index (χ2n) is 7.16. The van der Waals surface area contributed by atoms with E-state index in [0.717, 1.165) is 31.6 Å². The molecule has 2 saturated heterocycles. The lowest BCUT2D eigenvalue weighted by atomic mass is 9.90. The fraction of sp³-hybridized carbons (Fsp3) is 0.667. The molecule has 0 unspecified atom stereocenters. The van der Waals surface area contributed by atoms with Crippen LogP contribution in [0.15, 0.2) is 24.3 Å². The van der Waals surface area contributed by atoms with Gasteiger partial charge in [-0.25, -0.2) is 4.39 Å². The highest BCUT2D eigenvalue weighted by Gasteiger charge is 2.41. The van der Waals surface area contributed by atoms with Crippen LogP contribution in [0.1, 0.15) is 12.8 Å². The molecule has 1 aromatic carbocycles. The zero-order valence-corrected chi connectivity index (χ0v) is 14.2. The van der Waals surface area contributed by atoms with Gasteiger partial charge < -0.3 is 25.3 Å². The first-order valence-corrected chi connectivity index (χ1v) is 8.89. The van der Waals surface area contributed by atoms with Gasteiger partial charge in [-0.15, -0.1) is 0 Å². The summed E-state index contributed by atoms with van der Waals surface area (Å²) in [4.78, 5) is 4.11. The van der Waals surface area contributed by atoms with E-state index in [9.17, 15) is 24.8 Å². The minimum Gasteiger partial charge on any atom is -0.395 e. The predicted octanol–water partition coefficient (Wildman–Crippen LogP) is -0.199. The maximum atomic E-state index is 13.0. The highest BCUT2D eigenvalue weighted by Crippen LogP contribution is 2.27. The number of hydrogen-bond donors (Lipinski definition) is 4. The predicted molar refractivity (Wildman–Crippen MR) is 91.8 cm³/mol. The van der Waals surface area contributed by atoms with Crippen molar-refractivity contribution in [2.24, 2.45) is 5.92 Å². The number of aliphatic hydroxyl groups is 4. The topological polar surface area (TPSA) is 87.4 Å². The van der Waals surface area contributed by atoms with Gasteiger partial charge in [-0.05, 0) is 43.0 Å². The molecular formula is C18H27FN2O4. The molecule has 2 aliphatic rings. The number of hydrogen-bond acceptors (Lipinski definition) is 6. The third-order valence-electron chi connectivity index (χ3n) is 5.52. The quantitative estimate of drug-likeness (QED) is 0.599. The van der Waals surface area contributed by atoms with Crippen LogP contribution < -0.4 is 4.90 Å². The van der Waals surface area contributed by atoms with Crippen LogP contribution >= 0.6 is 0 Å². The van der Waals surface area contributed by atoms with E-state index in [1.165, 1.54) is 12.1 Å². The van der Waals surface area contributed by atoms with Gasteiger partial charge in [0, 0.05) is 31.9 Å². The standard InChI is InChI=1S/C18H27FN2O4/c19-13-1-3-14(4-2-13)20-7-5-12(6-8-20)9-21-10-16(23)18(25)17(24)15(21)11-22/h1-4,12,15-18,22-25H,5-11H2/t15-,16+,17-,18-/m1/s1. The van der Waals surface area contributed by atoms with Crippen molar-refractivity contribution in [1.29, 1.82) is 0 Å². The van der Waals surface area contributed by atoms with E-state index in [0.29, 0.717) is 12.5 Å². The maximum absolute atomic E-state index is 13.0. The van der Waals surface area contributed by atoms with Crippen LogP contribution in [0.4, 0.5) is 10.1 Å². The van der Waals surface area contributed by atoms with Crippen molar-refractivity contribution in [3.63, 3.8) is 0 Å². The number of nitrogens with zero attached hydrogens (tertiary/aromatic N) is 2. The Hall–Kier alpha value is -1.25. The summed E-state index contributed by atoms with van der Waals surface area (Å²) in [5.41, 5.74) is 1.01. The summed E-state index contributed by atoms with van der Waals surface area (Å²) in [5, 5.41) is 39.3. The van der Waals surface area contributed by atoms with Crippen LogP contribution in [-0.4, -0.2) is 82.5 Å². The van der Waals surface area contributed by atoms with Crippen molar-refractivity contribution in [3.8, 4) is 0 Å². The first-order chi connectivity index (χ1) is 12.0. The highest BCUT2D eigenvalue weighted by atomic mass is 19.1. The molecule has 2 fully saturated rings. The summed E-state index contributed by atoms with van der Waals surface area (Å²) in [6.07, 6.45) is -1.47. The molecule has 1 aromatic rings. The lowest BCUT2D eigenvalue weighted by Crippen LogP contribution is -2.63. The van der Waals surface area contributed by atoms with Gasteiger partial charge in [-0.2, -0.15) is 0 Å². The third-order valence-corrected chi connectivity index (χ3v) is 5.52. The summed E-state index contributed by atoms with van der Waals surface area (Å²) in [5.74, 6) is 0.151. The van der Waals surface area contributed by atoms with Crippen molar-refractivity contribution < 1.29 is 24.8 Å². The lowest BCUT2D eigenvalue weighted by Gasteiger charge is -2.45. The van der Waals surface area contributed by atoms with Gasteiger partial charge in [-0.3, -0.25) is 4.90 Å². The van der Waals surface area contributed by atoms with Crippen molar-refractivity contribution in [2.45, 2.75) is 37.2 Å². The van der Waals surface area contributed by atoms with E-state index in [-0.39, 0.29) is 19.0 Å². The molecule has 0 amide bonds. The molecule has 2 aliphatic heterocycles. The number of aliphatic hydroxyl groups excluding tert-OH is 4. The van der Waals surface area contributed by atoms with Gasteiger partial charge in [0.25, 0.3) is 0 Å². The smallest absolute Gasteiger partial charge is 0.123 e. The first kappa shape index (κ1) is 18.5. The number of halogens is 1. The average molecular weight is 354 g/mol. The Labute approximate surface area is 147 Å². The molecule has 0 bridgehead atoms. The highest BCUT2D eigenvalue weighted by molar-refractivity contribution is 5.46. The van der Waals surface area contributed by atoms with Gasteiger partial charge >= 0.3 is 0 Å². The monoisotopic (exact) mass is 354 g/mol. The SMILES string of the molecule is OC[C@@H]1[C@@H](O)[C@H](O)[C@@H](O)CN1CC1CCN(c2ccc(F)cc2)CC1. The molecule has 0 aromatic heterocycles. The molecule has 0 aliphatic carbocycles. The van der Waals surface area contributed by atoms with Crippen LogP contribution in [-0.2, 0) is 0 Å². The lowest BCUT2D eigenvalue weighted by molar-refractivity contribution is -0.147. The molecule has 25 heavy (non-hydrogen) atoms. The van der Waals surface area contributed by atoms with Crippen molar-refractivity contribution in [2.75, 3.05) is 37.7 Å². The van der Waals surface area contributed by atoms with Gasteiger partial charge in [-0.1, -0.05) is 0 Å². The minimum absolute atomic E-state index is 0.238. The van der Waals surface area contributed by atoms with Gasteiger partial charge in [0.05, 0.1) is 18.8 Å². The second kappa shape index (κ2) is 7.97. The van der Waals surface area contributed by atoms with E-state index in [1.54, 1.807) is 12.1 Å². The van der Waals surface area contributed by atoms with Crippen molar-refractivity contribution in [1.82, 2.24) is 4.90 Å². The molecule has 2 heterocycles. The fourth-order valence-electron chi connectivity index (χ4n) is 3.95. The average Bonchev–Trinajstić information content (AvgIpc) is 2.61. The van der Waals surface area contributed by atoms with E-state index < -0.39 is 24.4 Å². The zero-order chi connectivity index (χ0) is 18.0. The van der Waals surface area contributed by atoms with Crippen molar-refractivity contribution >= 4 is 5.69 Å². The summed E-state index contributed by atoms with van der Waals surface area (Å²) in [6.45, 7) is 2.40. The van der Waals surface area contributed by atoms with Crippen LogP contribution in [0.3, 0.4) is 0 Å². The number of rotatable bonds is 4. The number of β-amino-alcohol motifs (C(OH)–C–C–N with tert-alkyl or cyclic N) is 1. The molecular weight excluding hydrogens is 327 g/mol. The number of likely N-dealkylation sites (tertiary alicyclic amines) is 1. The third kappa shape index (κ3) is 4.12. The Kier molecular flexibility index (Phi) is 5.91. The summed E-state index contributed by atoms with van der Waals surface area (Å²) in [6, 6.07) is 5.96. The largest absolute Gasteiger partial charge is 0.395 e. The number of anilines is 1. The van der Waals surface area contributed by atoms with Gasteiger partial charge in [0.2, 0.25) is 0 Å². The summed E-state index contributed by atoms with van der Waals surface area (Å²) >= 11 is 0. The molecule has 0 radical (unpaired) electrons. The van der Waals surface area contributed by atoms with E-state index in [1.807, 2.05) is 4.90 Å². The first-order valence-electron chi connectivity index (χ1n) is 8.89. The summed E-state index contributed by atoms with van der Waals surface area (Å²) < 4.78 is 13.0. The maximum Gasteiger partial charge on any atom is 0.123 e. The fourth-order valence-corrected chi connectivity index (χ4v) is 3.95. The van der Waals surface area contributed by atoms with Crippen LogP contribution in [0, 0.1) is 11.7 Å². The van der Waals surface area contributed by atoms with E-state index in [2.05, 4.69) is 4.90 Å². The Morgan fingerprint density at radius 2 is 1.64 bits per heavy atom. The molecule has 0 spiro atoms. The molecule has 6 nitrogen and oxygen atoms in total. The van der Waals surface area contributed by atoms with Crippen LogP contribution in [0.25, 0.3) is 0 Å². The van der Waals surface area contributed by atoms with E-state index in [4.69, 9.17) is 0 Å². The van der Waals surface area contributed by atoms with Crippen molar-refractivity contribution in [3.05, 3.63) is 30.1 Å². The van der Waals surface area contributed by atoms with Crippen LogP contribution in [0.2, 0.25) is 0 Å².